The molecule has 0 spiro atoms. The molecule has 0 nitrogen and oxygen atoms in total. The molecule has 0 fully saturated rings. The lowest BCUT2D eigenvalue weighted by atomic mass is 9.92. The normalized spacial score (nSPS) is 12.2. The zero-order valence-electron chi connectivity index (χ0n) is 10.3. The Morgan fingerprint density at radius 3 is 1.42 bits per heavy atom. The van der Waals surface area contributed by atoms with Gasteiger partial charge in [-0.1, -0.05) is 48.5 Å². The Morgan fingerprint density at radius 2 is 1.05 bits per heavy atom. The second-order valence-corrected chi connectivity index (χ2v) is 4.59. The minimum atomic E-state index is -4.35. The van der Waals surface area contributed by atoms with Crippen LogP contribution in [-0.2, 0) is 6.18 Å². The molecule has 0 atom stereocenters. The van der Waals surface area contributed by atoms with Gasteiger partial charge in [0, 0.05) is 0 Å². The standard InChI is InChI=1S/C16H11F3/c1-10-11-6-2-4-8-13(11)15(16(17,18)19)14-9-5-3-7-12(10)14/h2-9H,1H3. The highest BCUT2D eigenvalue weighted by Gasteiger charge is 2.35. The summed E-state index contributed by atoms with van der Waals surface area (Å²) in [6, 6.07) is 13.4. The third-order valence-electron chi connectivity index (χ3n) is 3.48. The molecule has 3 rings (SSSR count). The van der Waals surface area contributed by atoms with Crippen LogP contribution in [0.5, 0.6) is 0 Å². The van der Waals surface area contributed by atoms with Crippen LogP contribution >= 0.6 is 0 Å². The van der Waals surface area contributed by atoms with E-state index in [2.05, 4.69) is 0 Å². The molecule has 3 aromatic rings. The zero-order chi connectivity index (χ0) is 13.6. The average molecular weight is 260 g/mol. The molecule has 19 heavy (non-hydrogen) atoms. The van der Waals surface area contributed by atoms with E-state index in [1.807, 2.05) is 6.92 Å². The first kappa shape index (κ1) is 12.0. The molecule has 0 radical (unpaired) electrons. The summed E-state index contributed by atoms with van der Waals surface area (Å²) in [7, 11) is 0. The van der Waals surface area contributed by atoms with E-state index >= 15 is 0 Å². The third-order valence-corrected chi connectivity index (χ3v) is 3.48. The first-order valence-electron chi connectivity index (χ1n) is 5.97. The molecular weight excluding hydrogens is 249 g/mol. The molecule has 0 saturated carbocycles. The van der Waals surface area contributed by atoms with Crippen molar-refractivity contribution in [2.45, 2.75) is 13.1 Å². The number of hydrogen-bond acceptors (Lipinski definition) is 0. The highest BCUT2D eigenvalue weighted by atomic mass is 19.4. The van der Waals surface area contributed by atoms with Crippen molar-refractivity contribution in [3.05, 3.63) is 59.7 Å². The van der Waals surface area contributed by atoms with Gasteiger partial charge in [0.15, 0.2) is 0 Å². The van der Waals surface area contributed by atoms with Gasteiger partial charge >= 0.3 is 6.18 Å². The van der Waals surface area contributed by atoms with E-state index < -0.39 is 11.7 Å². The maximum Gasteiger partial charge on any atom is 0.417 e. The Balaban J connectivity index is 2.65. The molecule has 3 aromatic carbocycles. The second kappa shape index (κ2) is 3.98. The van der Waals surface area contributed by atoms with E-state index in [-0.39, 0.29) is 10.8 Å². The first-order valence-corrected chi connectivity index (χ1v) is 5.97. The van der Waals surface area contributed by atoms with Crippen molar-refractivity contribution in [2.24, 2.45) is 0 Å². The molecule has 0 aliphatic heterocycles. The summed E-state index contributed by atoms with van der Waals surface area (Å²) in [4.78, 5) is 0. The lowest BCUT2D eigenvalue weighted by Gasteiger charge is -2.16. The summed E-state index contributed by atoms with van der Waals surface area (Å²) in [6.07, 6.45) is -4.35. The highest BCUT2D eigenvalue weighted by molar-refractivity contribution is 6.05. The highest BCUT2D eigenvalue weighted by Crippen LogP contribution is 2.41. The van der Waals surface area contributed by atoms with Crippen molar-refractivity contribution in [2.75, 3.05) is 0 Å². The molecule has 0 N–H and O–H groups in total. The molecule has 0 aromatic heterocycles. The fourth-order valence-corrected chi connectivity index (χ4v) is 2.65. The number of benzene rings is 3. The Morgan fingerprint density at radius 1 is 0.684 bits per heavy atom. The molecule has 0 aliphatic rings. The van der Waals surface area contributed by atoms with E-state index in [4.69, 9.17) is 0 Å². The van der Waals surface area contributed by atoms with Crippen molar-refractivity contribution < 1.29 is 13.2 Å². The molecule has 3 heteroatoms. The van der Waals surface area contributed by atoms with E-state index in [1.165, 1.54) is 12.1 Å². The Labute approximate surface area is 108 Å². The van der Waals surface area contributed by atoms with Crippen LogP contribution in [0.25, 0.3) is 21.5 Å². The number of alkyl halides is 3. The quantitative estimate of drug-likeness (QED) is 0.480. The van der Waals surface area contributed by atoms with Gasteiger partial charge in [-0.05, 0) is 34.0 Å². The Bertz CT molecular complexity index is 713. The Kier molecular flexibility index (Phi) is 2.52. The van der Waals surface area contributed by atoms with E-state index in [0.717, 1.165) is 5.56 Å². The lowest BCUT2D eigenvalue weighted by Crippen LogP contribution is -2.07. The number of hydrogen-bond donors (Lipinski definition) is 0. The van der Waals surface area contributed by atoms with E-state index in [9.17, 15) is 13.2 Å². The summed E-state index contributed by atoms with van der Waals surface area (Å²) in [5.74, 6) is 0. The average Bonchev–Trinajstić information content (AvgIpc) is 2.38. The van der Waals surface area contributed by atoms with Crippen LogP contribution in [0.15, 0.2) is 48.5 Å². The number of aryl methyl sites for hydroxylation is 1. The molecular formula is C16H11F3. The lowest BCUT2D eigenvalue weighted by molar-refractivity contribution is -0.135. The van der Waals surface area contributed by atoms with Gasteiger partial charge in [-0.25, -0.2) is 0 Å². The molecule has 0 bridgehead atoms. The minimum Gasteiger partial charge on any atom is -0.166 e. The third kappa shape index (κ3) is 1.77. The molecule has 0 saturated heterocycles. The van der Waals surface area contributed by atoms with Crippen LogP contribution in [0.3, 0.4) is 0 Å². The Hall–Kier alpha value is -2.03. The summed E-state index contributed by atoms with van der Waals surface area (Å²) in [5.41, 5.74) is 0.350. The summed E-state index contributed by atoms with van der Waals surface area (Å²) >= 11 is 0. The van der Waals surface area contributed by atoms with Crippen molar-refractivity contribution in [1.82, 2.24) is 0 Å². The van der Waals surface area contributed by atoms with E-state index in [1.54, 1.807) is 36.4 Å². The first-order chi connectivity index (χ1) is 9.00. The molecule has 0 heterocycles. The summed E-state index contributed by atoms with van der Waals surface area (Å²) < 4.78 is 40.1. The van der Waals surface area contributed by atoms with Crippen LogP contribution in [-0.4, -0.2) is 0 Å². The predicted molar refractivity (Wildman–Crippen MR) is 71.2 cm³/mol. The maximum absolute atomic E-state index is 13.4. The molecule has 0 amide bonds. The van der Waals surface area contributed by atoms with Gasteiger partial charge in [0.2, 0.25) is 0 Å². The van der Waals surface area contributed by atoms with Crippen LogP contribution in [0.4, 0.5) is 13.2 Å². The van der Waals surface area contributed by atoms with E-state index in [0.29, 0.717) is 10.8 Å². The molecule has 0 unspecified atom stereocenters. The van der Waals surface area contributed by atoms with Gasteiger partial charge in [0.05, 0.1) is 5.56 Å². The number of fused-ring (bicyclic) bond motifs is 2. The number of halogens is 3. The maximum atomic E-state index is 13.4. The summed E-state index contributed by atoms with van der Waals surface area (Å²) in [6.45, 7) is 1.87. The minimum absolute atomic E-state index is 0.270. The van der Waals surface area contributed by atoms with Crippen molar-refractivity contribution in [1.29, 1.82) is 0 Å². The fourth-order valence-electron chi connectivity index (χ4n) is 2.65. The number of rotatable bonds is 0. The van der Waals surface area contributed by atoms with Gasteiger partial charge in [-0.15, -0.1) is 0 Å². The topological polar surface area (TPSA) is 0 Å². The fraction of sp³-hybridized carbons (Fsp3) is 0.125. The van der Waals surface area contributed by atoms with Crippen molar-refractivity contribution in [3.8, 4) is 0 Å². The largest absolute Gasteiger partial charge is 0.417 e. The van der Waals surface area contributed by atoms with Crippen LogP contribution in [0.1, 0.15) is 11.1 Å². The van der Waals surface area contributed by atoms with Gasteiger partial charge < -0.3 is 0 Å². The van der Waals surface area contributed by atoms with Gasteiger partial charge in [-0.3, -0.25) is 0 Å². The zero-order valence-corrected chi connectivity index (χ0v) is 10.3. The van der Waals surface area contributed by atoms with Gasteiger partial charge in [0.1, 0.15) is 0 Å². The SMILES string of the molecule is Cc1c2ccccc2c(C(F)(F)F)c2ccccc12. The predicted octanol–water partition coefficient (Wildman–Crippen LogP) is 5.32. The van der Waals surface area contributed by atoms with Crippen molar-refractivity contribution in [3.63, 3.8) is 0 Å². The van der Waals surface area contributed by atoms with Gasteiger partial charge in [-0.2, -0.15) is 13.2 Å². The van der Waals surface area contributed by atoms with Crippen LogP contribution < -0.4 is 0 Å². The van der Waals surface area contributed by atoms with Crippen molar-refractivity contribution >= 4 is 21.5 Å². The second-order valence-electron chi connectivity index (χ2n) is 4.59. The summed E-state index contributed by atoms with van der Waals surface area (Å²) in [5, 5.41) is 1.86. The molecule has 0 aliphatic carbocycles. The smallest absolute Gasteiger partial charge is 0.166 e. The monoisotopic (exact) mass is 260 g/mol. The van der Waals surface area contributed by atoms with Crippen LogP contribution in [0, 0.1) is 6.92 Å². The van der Waals surface area contributed by atoms with Gasteiger partial charge in [0.25, 0.3) is 0 Å². The molecule has 96 valence electrons. The van der Waals surface area contributed by atoms with Crippen LogP contribution in [0.2, 0.25) is 0 Å².